The molecule has 1 aromatic heterocycles. The third kappa shape index (κ3) is 5.67. The molecule has 1 atom stereocenters. The second kappa shape index (κ2) is 8.24. The summed E-state index contributed by atoms with van der Waals surface area (Å²) in [7, 11) is 0. The van der Waals surface area contributed by atoms with Gasteiger partial charge in [0, 0.05) is 38.1 Å². The van der Waals surface area contributed by atoms with Crippen molar-refractivity contribution in [3.8, 4) is 0 Å². The van der Waals surface area contributed by atoms with E-state index in [0.29, 0.717) is 13.0 Å². The van der Waals surface area contributed by atoms with Crippen LogP contribution in [0.25, 0.3) is 0 Å². The molecular formula is C17H22N4O2. The van der Waals surface area contributed by atoms with Crippen molar-refractivity contribution >= 4 is 6.03 Å². The van der Waals surface area contributed by atoms with Crippen LogP contribution in [-0.4, -0.2) is 34.2 Å². The molecule has 0 saturated carbocycles. The molecule has 0 fully saturated rings. The monoisotopic (exact) mass is 314 g/mol. The highest BCUT2D eigenvalue weighted by atomic mass is 16.3. The van der Waals surface area contributed by atoms with E-state index < -0.39 is 6.10 Å². The van der Waals surface area contributed by atoms with Crippen molar-refractivity contribution in [3.05, 3.63) is 59.2 Å². The first-order valence-electron chi connectivity index (χ1n) is 7.57. The summed E-state index contributed by atoms with van der Waals surface area (Å²) in [6.45, 7) is 4.59. The van der Waals surface area contributed by atoms with E-state index in [1.165, 1.54) is 0 Å². The topological polar surface area (TPSA) is 87.1 Å². The van der Waals surface area contributed by atoms with Crippen LogP contribution in [0.2, 0.25) is 0 Å². The second-order valence-electron chi connectivity index (χ2n) is 5.52. The van der Waals surface area contributed by atoms with E-state index in [9.17, 15) is 9.90 Å². The van der Waals surface area contributed by atoms with Gasteiger partial charge >= 0.3 is 6.03 Å². The van der Waals surface area contributed by atoms with Gasteiger partial charge in [0.05, 0.1) is 11.8 Å². The Morgan fingerprint density at radius 3 is 2.57 bits per heavy atom. The van der Waals surface area contributed by atoms with Crippen LogP contribution in [0, 0.1) is 13.8 Å². The first-order chi connectivity index (χ1) is 11.0. The number of nitrogens with one attached hydrogen (secondary N) is 2. The number of amides is 2. The lowest BCUT2D eigenvalue weighted by Crippen LogP contribution is -2.38. The number of nitrogens with zero attached hydrogens (tertiary/aromatic N) is 2. The van der Waals surface area contributed by atoms with Crippen molar-refractivity contribution in [1.29, 1.82) is 0 Å². The van der Waals surface area contributed by atoms with E-state index in [-0.39, 0.29) is 12.6 Å². The molecule has 0 saturated heterocycles. The van der Waals surface area contributed by atoms with Gasteiger partial charge in [0.1, 0.15) is 0 Å². The van der Waals surface area contributed by atoms with Gasteiger partial charge in [-0.25, -0.2) is 4.79 Å². The summed E-state index contributed by atoms with van der Waals surface area (Å²) in [4.78, 5) is 19.8. The van der Waals surface area contributed by atoms with E-state index in [1.54, 1.807) is 18.6 Å². The maximum absolute atomic E-state index is 11.7. The van der Waals surface area contributed by atoms with Gasteiger partial charge in [-0.05, 0) is 19.4 Å². The number of aliphatic hydroxyl groups is 1. The van der Waals surface area contributed by atoms with Crippen molar-refractivity contribution < 1.29 is 9.90 Å². The van der Waals surface area contributed by atoms with Crippen molar-refractivity contribution in [2.24, 2.45) is 0 Å². The standard InChI is InChI=1S/C17H22N4O2/c1-12-7-13(2)9-14(8-12)16(22)11-21-17(23)20-4-3-15-10-18-5-6-19-15/h5-10,16,22H,3-4,11H2,1-2H3,(H2,20,21,23)/t16-/m1/s1. The molecule has 6 nitrogen and oxygen atoms in total. The Labute approximate surface area is 136 Å². The molecule has 2 amide bonds. The summed E-state index contributed by atoms with van der Waals surface area (Å²) in [6, 6.07) is 5.58. The van der Waals surface area contributed by atoms with Crippen molar-refractivity contribution in [1.82, 2.24) is 20.6 Å². The molecule has 0 spiro atoms. The quantitative estimate of drug-likeness (QED) is 0.757. The van der Waals surface area contributed by atoms with Gasteiger partial charge in [0.2, 0.25) is 0 Å². The number of hydrogen-bond acceptors (Lipinski definition) is 4. The van der Waals surface area contributed by atoms with Crippen LogP contribution in [0.1, 0.15) is 28.5 Å². The Bertz CT molecular complexity index is 626. The molecule has 1 heterocycles. The SMILES string of the molecule is Cc1cc(C)cc([C@H](O)CNC(=O)NCCc2cnccn2)c1. The number of benzene rings is 1. The van der Waals surface area contributed by atoms with Crippen LogP contribution < -0.4 is 10.6 Å². The average Bonchev–Trinajstić information content (AvgIpc) is 2.52. The highest BCUT2D eigenvalue weighted by molar-refractivity contribution is 5.73. The molecule has 0 radical (unpaired) electrons. The molecule has 0 aliphatic heterocycles. The molecule has 6 heteroatoms. The minimum atomic E-state index is -0.723. The van der Waals surface area contributed by atoms with Crippen molar-refractivity contribution in [2.75, 3.05) is 13.1 Å². The molecule has 0 unspecified atom stereocenters. The molecule has 1 aromatic carbocycles. The summed E-state index contributed by atoms with van der Waals surface area (Å²) < 4.78 is 0. The molecule has 0 aliphatic carbocycles. The lowest BCUT2D eigenvalue weighted by atomic mass is 10.0. The number of rotatable bonds is 6. The van der Waals surface area contributed by atoms with E-state index in [1.807, 2.05) is 32.0 Å². The van der Waals surface area contributed by atoms with Gasteiger partial charge in [-0.15, -0.1) is 0 Å². The van der Waals surface area contributed by atoms with E-state index in [2.05, 4.69) is 20.6 Å². The summed E-state index contributed by atoms with van der Waals surface area (Å²) >= 11 is 0. The van der Waals surface area contributed by atoms with Gasteiger partial charge in [0.25, 0.3) is 0 Å². The summed E-state index contributed by atoms with van der Waals surface area (Å²) in [5.41, 5.74) is 3.81. The smallest absolute Gasteiger partial charge is 0.314 e. The summed E-state index contributed by atoms with van der Waals surface area (Å²) in [5.74, 6) is 0. The van der Waals surface area contributed by atoms with Crippen LogP contribution in [0.5, 0.6) is 0 Å². The number of urea groups is 1. The number of carbonyl (C=O) groups is 1. The highest BCUT2D eigenvalue weighted by Crippen LogP contribution is 2.16. The van der Waals surface area contributed by atoms with E-state index >= 15 is 0 Å². The normalized spacial score (nSPS) is 11.8. The fraction of sp³-hybridized carbons (Fsp3) is 0.353. The van der Waals surface area contributed by atoms with Crippen LogP contribution >= 0.6 is 0 Å². The van der Waals surface area contributed by atoms with Crippen LogP contribution in [0.15, 0.2) is 36.8 Å². The third-order valence-electron chi connectivity index (χ3n) is 3.37. The van der Waals surface area contributed by atoms with Gasteiger partial charge in [-0.2, -0.15) is 0 Å². The minimum absolute atomic E-state index is 0.167. The average molecular weight is 314 g/mol. The fourth-order valence-electron chi connectivity index (χ4n) is 2.34. The zero-order chi connectivity index (χ0) is 16.7. The third-order valence-corrected chi connectivity index (χ3v) is 3.37. The highest BCUT2D eigenvalue weighted by Gasteiger charge is 2.10. The maximum atomic E-state index is 11.7. The number of aromatic nitrogens is 2. The number of carbonyl (C=O) groups excluding carboxylic acids is 1. The van der Waals surface area contributed by atoms with Gasteiger partial charge < -0.3 is 15.7 Å². The predicted molar refractivity (Wildman–Crippen MR) is 88.0 cm³/mol. The molecule has 0 bridgehead atoms. The van der Waals surface area contributed by atoms with Crippen molar-refractivity contribution in [3.63, 3.8) is 0 Å². The molecule has 23 heavy (non-hydrogen) atoms. The first-order valence-corrected chi connectivity index (χ1v) is 7.57. The lowest BCUT2D eigenvalue weighted by molar-refractivity contribution is 0.173. The first kappa shape index (κ1) is 16.9. The molecule has 0 aliphatic rings. The maximum Gasteiger partial charge on any atom is 0.314 e. The Kier molecular flexibility index (Phi) is 6.05. The zero-order valence-electron chi connectivity index (χ0n) is 13.4. The minimum Gasteiger partial charge on any atom is -0.387 e. The van der Waals surface area contributed by atoms with Crippen LogP contribution in [0.4, 0.5) is 4.79 Å². The van der Waals surface area contributed by atoms with Crippen molar-refractivity contribution in [2.45, 2.75) is 26.4 Å². The lowest BCUT2D eigenvalue weighted by Gasteiger charge is -2.14. The van der Waals surface area contributed by atoms with Crippen LogP contribution in [0.3, 0.4) is 0 Å². The van der Waals surface area contributed by atoms with E-state index in [4.69, 9.17) is 0 Å². The molecular weight excluding hydrogens is 292 g/mol. The fourth-order valence-corrected chi connectivity index (χ4v) is 2.34. The predicted octanol–water partition coefficient (Wildman–Crippen LogP) is 1.67. The largest absolute Gasteiger partial charge is 0.387 e. The number of aryl methyl sites for hydroxylation is 2. The van der Waals surface area contributed by atoms with Gasteiger partial charge in [0.15, 0.2) is 0 Å². The van der Waals surface area contributed by atoms with Gasteiger partial charge in [-0.3, -0.25) is 9.97 Å². The van der Waals surface area contributed by atoms with Gasteiger partial charge in [-0.1, -0.05) is 29.3 Å². The second-order valence-corrected chi connectivity index (χ2v) is 5.52. The van der Waals surface area contributed by atoms with Crippen LogP contribution in [-0.2, 0) is 6.42 Å². The summed E-state index contributed by atoms with van der Waals surface area (Å²) in [6.07, 6.45) is 4.79. The Hall–Kier alpha value is -2.47. The summed E-state index contributed by atoms with van der Waals surface area (Å²) in [5, 5.41) is 15.6. The number of hydrogen-bond donors (Lipinski definition) is 3. The zero-order valence-corrected chi connectivity index (χ0v) is 13.4. The molecule has 2 rings (SSSR count). The van der Waals surface area contributed by atoms with E-state index in [0.717, 1.165) is 22.4 Å². The number of aliphatic hydroxyl groups excluding tert-OH is 1. The molecule has 122 valence electrons. The molecule has 2 aromatic rings. The Morgan fingerprint density at radius 1 is 1.17 bits per heavy atom. The molecule has 3 N–H and O–H groups in total. The Morgan fingerprint density at radius 2 is 1.91 bits per heavy atom. The Balaban J connectivity index is 1.73.